The number of nitrogens with zero attached hydrogens (tertiary/aromatic N) is 1. The van der Waals surface area contributed by atoms with Crippen LogP contribution >= 0.6 is 11.6 Å². The molecule has 0 radical (unpaired) electrons. The highest BCUT2D eigenvalue weighted by atomic mass is 35.5. The van der Waals surface area contributed by atoms with E-state index in [2.05, 4.69) is 10.3 Å². The number of anilines is 1. The minimum atomic E-state index is -1.23. The molecule has 3 rings (SSSR count). The first-order valence-electron chi connectivity index (χ1n) is 7.73. The molecule has 1 aromatic heterocycles. The second-order valence-electron chi connectivity index (χ2n) is 5.54. The second-order valence-corrected chi connectivity index (χ2v) is 5.95. The van der Waals surface area contributed by atoms with E-state index in [4.69, 9.17) is 25.9 Å². The summed E-state index contributed by atoms with van der Waals surface area (Å²) >= 11 is 5.79. The van der Waals surface area contributed by atoms with Crippen molar-refractivity contribution in [2.45, 2.75) is 13.0 Å². The molecule has 0 aliphatic heterocycles. The Morgan fingerprint density at radius 2 is 2.00 bits per heavy atom. The van der Waals surface area contributed by atoms with E-state index >= 15 is 0 Å². The van der Waals surface area contributed by atoms with Crippen molar-refractivity contribution in [3.63, 3.8) is 0 Å². The first-order chi connectivity index (χ1) is 12.9. The van der Waals surface area contributed by atoms with Crippen LogP contribution in [0.15, 0.2) is 47.2 Å². The minimum Gasteiger partial charge on any atom is -0.478 e. The molecule has 2 N–H and O–H groups in total. The van der Waals surface area contributed by atoms with Gasteiger partial charge in [-0.05, 0) is 37.3 Å². The lowest BCUT2D eigenvalue weighted by Crippen LogP contribution is -2.30. The topological polar surface area (TPSA) is 119 Å². The normalized spacial score (nSPS) is 11.8. The van der Waals surface area contributed by atoms with Gasteiger partial charge in [-0.15, -0.1) is 0 Å². The number of benzene rings is 2. The maximum Gasteiger partial charge on any atom is 0.341 e. The van der Waals surface area contributed by atoms with Crippen LogP contribution in [0.25, 0.3) is 11.1 Å². The number of halogens is 1. The molecule has 1 heterocycles. The van der Waals surface area contributed by atoms with Crippen LogP contribution in [0.5, 0.6) is 0 Å². The molecule has 8 nitrogen and oxygen atoms in total. The molecule has 138 valence electrons. The number of aromatic carboxylic acids is 1. The summed E-state index contributed by atoms with van der Waals surface area (Å²) in [5, 5.41) is 11.6. The van der Waals surface area contributed by atoms with Gasteiger partial charge in [-0.2, -0.15) is 0 Å². The molecule has 0 aliphatic rings. The predicted molar refractivity (Wildman–Crippen MR) is 95.9 cm³/mol. The van der Waals surface area contributed by atoms with Crippen molar-refractivity contribution in [3.05, 3.63) is 58.9 Å². The zero-order valence-electron chi connectivity index (χ0n) is 13.9. The lowest BCUT2D eigenvalue weighted by atomic mass is 10.2. The summed E-state index contributed by atoms with van der Waals surface area (Å²) in [6.07, 6.45) is 0.0710. The van der Waals surface area contributed by atoms with Gasteiger partial charge in [-0.3, -0.25) is 4.79 Å². The van der Waals surface area contributed by atoms with E-state index in [0.29, 0.717) is 11.1 Å². The van der Waals surface area contributed by atoms with Gasteiger partial charge in [0, 0.05) is 5.69 Å². The number of ether oxygens (including phenoxy) is 1. The number of para-hydroxylation sites is 1. The maximum absolute atomic E-state index is 12.3. The quantitative estimate of drug-likeness (QED) is 0.643. The van der Waals surface area contributed by atoms with Gasteiger partial charge >= 0.3 is 11.9 Å². The minimum absolute atomic E-state index is 0.0423. The number of carbonyl (C=O) groups excluding carboxylic acids is 2. The number of carboxylic acids is 1. The Morgan fingerprint density at radius 1 is 1.22 bits per heavy atom. The molecule has 9 heteroatoms. The largest absolute Gasteiger partial charge is 0.478 e. The summed E-state index contributed by atoms with van der Waals surface area (Å²) < 4.78 is 10.3. The number of esters is 1. The van der Waals surface area contributed by atoms with Crippen LogP contribution in [0.2, 0.25) is 5.02 Å². The van der Waals surface area contributed by atoms with Crippen LogP contribution in [0.3, 0.4) is 0 Å². The van der Waals surface area contributed by atoms with Gasteiger partial charge in [0.05, 0.1) is 16.1 Å². The second kappa shape index (κ2) is 7.46. The highest BCUT2D eigenvalue weighted by Gasteiger charge is 2.22. The van der Waals surface area contributed by atoms with Crippen LogP contribution in [0, 0.1) is 0 Å². The van der Waals surface area contributed by atoms with Crippen molar-refractivity contribution >= 4 is 46.2 Å². The van der Waals surface area contributed by atoms with Crippen molar-refractivity contribution in [1.29, 1.82) is 0 Å². The first-order valence-corrected chi connectivity index (χ1v) is 8.11. The van der Waals surface area contributed by atoms with Gasteiger partial charge in [-0.25, -0.2) is 14.6 Å². The lowest BCUT2D eigenvalue weighted by molar-refractivity contribution is -0.123. The average molecular weight is 389 g/mol. The Balaban J connectivity index is 1.71. The Morgan fingerprint density at radius 3 is 2.74 bits per heavy atom. The molecule has 2 aromatic carbocycles. The number of hydrogen-bond acceptors (Lipinski definition) is 6. The van der Waals surface area contributed by atoms with E-state index in [1.807, 2.05) is 0 Å². The van der Waals surface area contributed by atoms with Crippen molar-refractivity contribution < 1.29 is 28.6 Å². The fraction of sp³-hybridized carbons (Fsp3) is 0.111. The van der Waals surface area contributed by atoms with Crippen LogP contribution in [0.4, 0.5) is 5.69 Å². The summed E-state index contributed by atoms with van der Waals surface area (Å²) in [7, 11) is 0. The summed E-state index contributed by atoms with van der Waals surface area (Å²) in [6.45, 7) is 1.39. The third-order valence-corrected chi connectivity index (χ3v) is 4.03. The number of hydrogen-bond donors (Lipinski definition) is 2. The SMILES string of the molecule is CC(OC(=O)c1cccc2ocnc12)C(=O)Nc1ccc(Cl)c(C(=O)O)c1. The highest BCUT2D eigenvalue weighted by molar-refractivity contribution is 6.33. The van der Waals surface area contributed by atoms with Gasteiger partial charge < -0.3 is 19.6 Å². The zero-order valence-corrected chi connectivity index (χ0v) is 14.7. The fourth-order valence-electron chi connectivity index (χ4n) is 2.34. The first kappa shape index (κ1) is 18.4. The third-order valence-electron chi connectivity index (χ3n) is 3.70. The summed E-state index contributed by atoms with van der Waals surface area (Å²) in [5.74, 6) is -2.59. The predicted octanol–water partition coefficient (Wildman–Crippen LogP) is 3.36. The summed E-state index contributed by atoms with van der Waals surface area (Å²) in [5.41, 5.74) is 0.975. The number of amides is 1. The van der Waals surface area contributed by atoms with Crippen molar-refractivity contribution in [1.82, 2.24) is 4.98 Å². The number of carboxylic acid groups (broad SMARTS) is 1. The smallest absolute Gasteiger partial charge is 0.341 e. The van der Waals surface area contributed by atoms with Gasteiger partial charge in [0.2, 0.25) is 0 Å². The molecule has 0 saturated heterocycles. The monoisotopic (exact) mass is 388 g/mol. The molecule has 3 aromatic rings. The molecule has 0 spiro atoms. The highest BCUT2D eigenvalue weighted by Crippen LogP contribution is 2.21. The summed E-state index contributed by atoms with van der Waals surface area (Å²) in [6, 6.07) is 8.77. The number of fused-ring (bicyclic) bond motifs is 1. The Kier molecular flexibility index (Phi) is 5.09. The van der Waals surface area contributed by atoms with Gasteiger partial charge in [-0.1, -0.05) is 17.7 Å². The Labute approximate surface area is 157 Å². The van der Waals surface area contributed by atoms with Crippen LogP contribution < -0.4 is 5.32 Å². The lowest BCUT2D eigenvalue weighted by Gasteiger charge is -2.14. The van der Waals surface area contributed by atoms with Gasteiger partial charge in [0.1, 0.15) is 5.52 Å². The van der Waals surface area contributed by atoms with Crippen molar-refractivity contribution in [2.24, 2.45) is 0 Å². The Hall–Kier alpha value is -3.39. The van der Waals surface area contributed by atoms with E-state index in [1.54, 1.807) is 12.1 Å². The van der Waals surface area contributed by atoms with Crippen molar-refractivity contribution in [3.8, 4) is 0 Å². The number of nitrogens with one attached hydrogen (secondary N) is 1. The molecular formula is C18H13ClN2O6. The summed E-state index contributed by atoms with van der Waals surface area (Å²) in [4.78, 5) is 39.6. The van der Waals surface area contributed by atoms with Gasteiger partial charge in [0.25, 0.3) is 5.91 Å². The molecular weight excluding hydrogens is 376 g/mol. The molecule has 1 atom stereocenters. The van der Waals surface area contributed by atoms with Crippen molar-refractivity contribution in [2.75, 3.05) is 5.32 Å². The number of carbonyl (C=O) groups is 3. The zero-order chi connectivity index (χ0) is 19.6. The van der Waals surface area contributed by atoms with Crippen LogP contribution in [-0.2, 0) is 9.53 Å². The van der Waals surface area contributed by atoms with Crippen LogP contribution in [-0.4, -0.2) is 34.0 Å². The van der Waals surface area contributed by atoms with E-state index in [1.165, 1.54) is 37.6 Å². The molecule has 0 bridgehead atoms. The number of oxazole rings is 1. The molecule has 1 unspecified atom stereocenters. The third kappa shape index (κ3) is 3.90. The van der Waals surface area contributed by atoms with Gasteiger partial charge in [0.15, 0.2) is 18.1 Å². The maximum atomic E-state index is 12.3. The van der Waals surface area contributed by atoms with Crippen LogP contribution in [0.1, 0.15) is 27.6 Å². The Bertz CT molecular complexity index is 1050. The molecule has 27 heavy (non-hydrogen) atoms. The fourth-order valence-corrected chi connectivity index (χ4v) is 2.54. The standard InChI is InChI=1S/C18H13ClN2O6/c1-9(16(22)21-10-5-6-13(19)12(7-10)17(23)24)27-18(25)11-3-2-4-14-15(11)20-8-26-14/h2-9H,1H3,(H,21,22)(H,23,24). The number of aromatic nitrogens is 1. The molecule has 0 saturated carbocycles. The van der Waals surface area contributed by atoms with E-state index in [-0.39, 0.29) is 21.8 Å². The van der Waals surface area contributed by atoms with E-state index < -0.39 is 23.9 Å². The average Bonchev–Trinajstić information content (AvgIpc) is 3.11. The number of rotatable bonds is 5. The molecule has 1 amide bonds. The molecule has 0 aliphatic carbocycles. The van der Waals surface area contributed by atoms with E-state index in [0.717, 1.165) is 0 Å². The molecule has 0 fully saturated rings. The van der Waals surface area contributed by atoms with E-state index in [9.17, 15) is 14.4 Å².